The predicted molar refractivity (Wildman–Crippen MR) is 250 cm³/mol. The molecule has 3 saturated heterocycles. The van der Waals surface area contributed by atoms with Crippen molar-refractivity contribution in [3.63, 3.8) is 0 Å². The molecule has 11 rings (SSSR count). The van der Waals surface area contributed by atoms with Crippen LogP contribution in [0.15, 0.2) is 133 Å². The van der Waals surface area contributed by atoms with Gasteiger partial charge in [-0.05, 0) is 89.9 Å². The lowest BCUT2D eigenvalue weighted by atomic mass is 9.64. The van der Waals surface area contributed by atoms with Crippen LogP contribution in [-0.2, 0) is 31.1 Å². The van der Waals surface area contributed by atoms with E-state index >= 15 is 14.4 Å². The van der Waals surface area contributed by atoms with E-state index in [1.165, 1.54) is 0 Å². The van der Waals surface area contributed by atoms with Crippen LogP contribution in [0.4, 0.5) is 5.69 Å². The summed E-state index contributed by atoms with van der Waals surface area (Å²) in [5, 5.41) is 13.3. The van der Waals surface area contributed by atoms with Gasteiger partial charge >= 0.3 is 5.97 Å². The number of benzene rings is 5. The van der Waals surface area contributed by atoms with Crippen molar-refractivity contribution in [1.82, 2.24) is 14.7 Å². The Labute approximate surface area is 390 Å². The van der Waals surface area contributed by atoms with Crippen molar-refractivity contribution in [2.24, 2.45) is 5.92 Å². The number of aliphatic hydroxyl groups is 1. The zero-order valence-corrected chi connectivity index (χ0v) is 37.1. The molecule has 5 aromatic rings. The minimum Gasteiger partial charge on any atom is -0.491 e. The van der Waals surface area contributed by atoms with Gasteiger partial charge in [0.15, 0.2) is 11.5 Å². The van der Waals surface area contributed by atoms with Gasteiger partial charge in [0.05, 0.1) is 24.6 Å². The highest BCUT2D eigenvalue weighted by atomic mass is 16.7. The fraction of sp³-hybridized carbons (Fsp3) is 0.327. The third-order valence-corrected chi connectivity index (χ3v) is 14.3. The second-order valence-electron chi connectivity index (χ2n) is 18.1. The maximum Gasteiger partial charge on any atom is 0.324 e. The number of allylic oxidation sites excluding steroid dienone is 2. The molecule has 0 aromatic heterocycles. The molecule has 5 aliphatic heterocycles. The smallest absolute Gasteiger partial charge is 0.324 e. The molecule has 12 nitrogen and oxygen atoms in total. The first-order valence-electron chi connectivity index (χ1n) is 23.4. The van der Waals surface area contributed by atoms with Crippen molar-refractivity contribution in [2.75, 3.05) is 51.5 Å². The lowest BCUT2D eigenvalue weighted by Crippen LogP contribution is -2.58. The number of amides is 2. The molecular formula is C55H52N4O8. The molecule has 2 N–H and O–H groups in total. The minimum atomic E-state index is -1.70. The van der Waals surface area contributed by atoms with Crippen LogP contribution in [0.3, 0.4) is 0 Å². The van der Waals surface area contributed by atoms with E-state index in [9.17, 15) is 5.11 Å². The number of cyclic esters (lactones) is 1. The van der Waals surface area contributed by atoms with Gasteiger partial charge in [-0.3, -0.25) is 24.2 Å². The number of piperazine rings is 1. The zero-order valence-electron chi connectivity index (χ0n) is 37.1. The van der Waals surface area contributed by atoms with Crippen molar-refractivity contribution in [1.29, 1.82) is 0 Å². The number of aliphatic hydroxyl groups excluding tert-OH is 1. The number of carbonyl (C=O) groups is 3. The van der Waals surface area contributed by atoms with Crippen LogP contribution in [0, 0.1) is 17.8 Å². The minimum absolute atomic E-state index is 0.00573. The second-order valence-corrected chi connectivity index (χ2v) is 18.1. The summed E-state index contributed by atoms with van der Waals surface area (Å²) in [7, 11) is 0. The number of carbonyl (C=O) groups excluding carboxylic acids is 3. The van der Waals surface area contributed by atoms with Crippen molar-refractivity contribution < 1.29 is 38.4 Å². The summed E-state index contributed by atoms with van der Waals surface area (Å²) in [5.74, 6) is 6.17. The van der Waals surface area contributed by atoms with Crippen LogP contribution in [0.5, 0.6) is 17.2 Å². The topological polar surface area (TPSA) is 130 Å². The fourth-order valence-electron chi connectivity index (χ4n) is 11.3. The van der Waals surface area contributed by atoms with Crippen LogP contribution in [0.1, 0.15) is 77.3 Å². The van der Waals surface area contributed by atoms with Gasteiger partial charge < -0.3 is 34.3 Å². The van der Waals surface area contributed by atoms with E-state index in [1.54, 1.807) is 0 Å². The molecule has 0 saturated carbocycles. The number of para-hydroxylation sites is 1. The number of hydrogen-bond donors (Lipinski definition) is 2. The molecule has 12 heteroatoms. The average molecular weight is 897 g/mol. The Balaban J connectivity index is 1.09. The van der Waals surface area contributed by atoms with E-state index in [0.717, 1.165) is 59.4 Å². The summed E-state index contributed by atoms with van der Waals surface area (Å²) < 4.78 is 24.2. The lowest BCUT2D eigenvalue weighted by Gasteiger charge is -2.46. The number of rotatable bonds is 9. The average Bonchev–Trinajstić information content (AvgIpc) is 4.06. The number of morpholine rings is 1. The van der Waals surface area contributed by atoms with Gasteiger partial charge in [0.25, 0.3) is 0 Å². The van der Waals surface area contributed by atoms with E-state index < -0.39 is 47.4 Å². The number of ether oxygens (including phenoxy) is 4. The Hall–Kier alpha value is -6.91. The number of hydrogen-bond acceptors (Lipinski definition) is 10. The fourth-order valence-corrected chi connectivity index (χ4v) is 11.3. The monoisotopic (exact) mass is 896 g/mol. The number of esters is 1. The van der Waals surface area contributed by atoms with E-state index in [-0.39, 0.29) is 25.9 Å². The van der Waals surface area contributed by atoms with E-state index in [1.807, 2.05) is 126 Å². The second kappa shape index (κ2) is 18.1. The molecule has 2 amide bonds. The van der Waals surface area contributed by atoms with Gasteiger partial charge in [0, 0.05) is 49.5 Å². The van der Waals surface area contributed by atoms with Gasteiger partial charge in [-0.1, -0.05) is 103 Å². The largest absolute Gasteiger partial charge is 0.491 e. The van der Waals surface area contributed by atoms with E-state index in [4.69, 9.17) is 18.9 Å². The molecule has 6 atom stereocenters. The molecule has 1 aliphatic carbocycles. The highest BCUT2D eigenvalue weighted by molar-refractivity contribution is 6.12. The molecule has 0 bridgehead atoms. The van der Waals surface area contributed by atoms with Crippen molar-refractivity contribution >= 4 is 23.5 Å². The van der Waals surface area contributed by atoms with Gasteiger partial charge in [-0.25, -0.2) is 0 Å². The van der Waals surface area contributed by atoms with Crippen molar-refractivity contribution in [3.8, 4) is 29.1 Å². The third-order valence-electron chi connectivity index (χ3n) is 14.3. The van der Waals surface area contributed by atoms with Gasteiger partial charge in [0.1, 0.15) is 29.9 Å². The molecule has 6 aliphatic rings. The molecule has 6 unspecified atom stereocenters. The van der Waals surface area contributed by atoms with Crippen LogP contribution >= 0.6 is 0 Å². The van der Waals surface area contributed by atoms with Crippen LogP contribution in [0.2, 0.25) is 0 Å². The summed E-state index contributed by atoms with van der Waals surface area (Å²) in [6.07, 6.45) is 5.53. The first-order chi connectivity index (χ1) is 32.9. The first-order valence-corrected chi connectivity index (χ1v) is 23.4. The Kier molecular flexibility index (Phi) is 11.5. The quantitative estimate of drug-likeness (QED) is 0.115. The molecule has 5 aromatic carbocycles. The maximum absolute atomic E-state index is 16.1. The highest BCUT2D eigenvalue weighted by Gasteiger charge is 2.74. The van der Waals surface area contributed by atoms with Crippen LogP contribution in [-0.4, -0.2) is 89.8 Å². The predicted octanol–water partition coefficient (Wildman–Crippen LogP) is 7.25. The molecular weight excluding hydrogens is 845 g/mol. The summed E-state index contributed by atoms with van der Waals surface area (Å²) in [5.41, 5.74) is 4.55. The number of anilines is 1. The highest BCUT2D eigenvalue weighted by Crippen LogP contribution is 2.66. The SMILES string of the molecule is O=C1OC(c2ccccc2)C(c2ccccc2)N2C1C(C(=O)N1CCN(Cc3ccc4c(c3)OCO4)CC1)C1(C(=O)Nc3ccc(C#CC4=CCCCC4)cc31)C2c1ccccc1OCCO. The lowest BCUT2D eigenvalue weighted by molar-refractivity contribution is -0.179. The molecule has 1 spiro atoms. The molecule has 0 radical (unpaired) electrons. The summed E-state index contributed by atoms with van der Waals surface area (Å²) in [4.78, 5) is 53.6. The summed E-state index contributed by atoms with van der Waals surface area (Å²) in [6.45, 7) is 2.50. The Bertz CT molecular complexity index is 2800. The van der Waals surface area contributed by atoms with Crippen molar-refractivity contribution in [3.05, 3.63) is 166 Å². The zero-order chi connectivity index (χ0) is 45.5. The van der Waals surface area contributed by atoms with Crippen LogP contribution < -0.4 is 19.5 Å². The molecule has 67 heavy (non-hydrogen) atoms. The normalized spacial score (nSPS) is 25.4. The van der Waals surface area contributed by atoms with Gasteiger partial charge in [0.2, 0.25) is 18.6 Å². The Morgan fingerprint density at radius 3 is 2.34 bits per heavy atom. The Morgan fingerprint density at radius 1 is 0.806 bits per heavy atom. The standard InChI is InChI=1S/C55H52N4O8/c60-30-31-64-44-19-11-10-18-41(44)51-55(42-32-37(22-24-43(42)56-54(55)63)21-20-36-12-4-1-5-13-36)47(52(61)58-28-26-57(27-29-58)34-38-23-25-45-46(33-38)66-35-65-45)49-53(62)67-50(40-16-8-3-9-17-40)48(59(49)51)39-14-6-2-7-15-39/h2-3,6-12,14-19,22-25,32-33,47-51,60H,1,4-5,13,26-31,34-35H2,(H,56,63). The number of nitrogens with one attached hydrogen (secondary N) is 1. The third kappa shape index (κ3) is 7.61. The first kappa shape index (κ1) is 42.7. The summed E-state index contributed by atoms with van der Waals surface area (Å²) >= 11 is 0. The van der Waals surface area contributed by atoms with Crippen LogP contribution in [0.25, 0.3) is 0 Å². The number of nitrogens with zero attached hydrogens (tertiary/aromatic N) is 3. The van der Waals surface area contributed by atoms with E-state index in [0.29, 0.717) is 60.9 Å². The maximum atomic E-state index is 16.1. The van der Waals surface area contributed by atoms with Gasteiger partial charge in [-0.2, -0.15) is 0 Å². The van der Waals surface area contributed by atoms with Gasteiger partial charge in [-0.15, -0.1) is 0 Å². The Morgan fingerprint density at radius 2 is 1.57 bits per heavy atom. The summed E-state index contributed by atoms with van der Waals surface area (Å²) in [6, 6.07) is 35.9. The number of fused-ring (bicyclic) bond motifs is 4. The molecule has 340 valence electrons. The van der Waals surface area contributed by atoms with Crippen molar-refractivity contribution in [2.45, 2.75) is 61.9 Å². The molecule has 3 fully saturated rings. The van der Waals surface area contributed by atoms with E-state index in [2.05, 4.69) is 33.0 Å². The molecule has 5 heterocycles.